The summed E-state index contributed by atoms with van der Waals surface area (Å²) in [5.41, 5.74) is -5.60. The maximum absolute atomic E-state index is 13.5. The molecular formula is C19H22F3N5O8S. The molecule has 1 aliphatic heterocycles. The van der Waals surface area contributed by atoms with E-state index >= 15 is 0 Å². The van der Waals surface area contributed by atoms with E-state index in [2.05, 4.69) is 4.99 Å². The number of hydrogen-bond acceptors (Lipinski definition) is 11. The fourth-order valence-electron chi connectivity index (χ4n) is 2.98. The maximum atomic E-state index is 13.5. The van der Waals surface area contributed by atoms with E-state index in [-0.39, 0.29) is 11.6 Å². The number of alkyl halides is 3. The third kappa shape index (κ3) is 6.48. The number of benzene rings is 1. The van der Waals surface area contributed by atoms with Crippen LogP contribution >= 0.6 is 0 Å². The molecule has 198 valence electrons. The molecule has 2 rings (SSSR count). The van der Waals surface area contributed by atoms with Crippen LogP contribution in [0.3, 0.4) is 0 Å². The van der Waals surface area contributed by atoms with Gasteiger partial charge in [0.1, 0.15) is 11.5 Å². The Kier molecular flexibility index (Phi) is 8.30. The number of nitrogens with zero attached hydrogens (tertiary/aromatic N) is 4. The molecule has 0 radical (unpaired) electrons. The maximum Gasteiger partial charge on any atom is 0.416 e. The van der Waals surface area contributed by atoms with E-state index in [1.807, 2.05) is 0 Å². The summed E-state index contributed by atoms with van der Waals surface area (Å²) in [5, 5.41) is 12.1. The molecule has 1 aromatic carbocycles. The van der Waals surface area contributed by atoms with E-state index in [1.165, 1.54) is 21.0 Å². The minimum atomic E-state index is -4.94. The fraction of sp³-hybridized carbons (Fsp3) is 0.421. The number of ether oxygens (including phenoxy) is 2. The molecule has 2 N–H and O–H groups in total. The highest BCUT2D eigenvalue weighted by Gasteiger charge is 2.43. The molecule has 1 atom stereocenters. The van der Waals surface area contributed by atoms with Crippen molar-refractivity contribution in [2.24, 2.45) is 10.8 Å². The second-order valence-electron chi connectivity index (χ2n) is 7.58. The molecule has 0 aliphatic carbocycles. The van der Waals surface area contributed by atoms with Gasteiger partial charge in [0, 0.05) is 25.9 Å². The largest absolute Gasteiger partial charge is 0.466 e. The standard InChI is InChI=1S/C19H22F3N5O8S/c1-5-34-14(28)9-13-15(27(30)31)17(26(23)18(24-13)36(4,32)33)35-12-7-10(16(29)25(2)3)6-11(8-12)19(20,21)22/h6-8,18H,5,9,23H2,1-4H3. The molecule has 0 aromatic heterocycles. The van der Waals surface area contributed by atoms with Gasteiger partial charge in [-0.25, -0.2) is 24.3 Å². The monoisotopic (exact) mass is 537 g/mol. The smallest absolute Gasteiger partial charge is 0.416 e. The summed E-state index contributed by atoms with van der Waals surface area (Å²) in [6.45, 7) is 1.36. The van der Waals surface area contributed by atoms with Crippen LogP contribution < -0.4 is 10.6 Å². The molecule has 1 heterocycles. The number of carbonyl (C=O) groups excluding carboxylic acids is 2. The first-order valence-corrected chi connectivity index (χ1v) is 11.9. The van der Waals surface area contributed by atoms with Gasteiger partial charge < -0.3 is 14.4 Å². The van der Waals surface area contributed by atoms with Crippen LogP contribution in [0.1, 0.15) is 29.3 Å². The number of nitrogens with two attached hydrogens (primary N) is 1. The number of esters is 1. The quantitative estimate of drug-likeness (QED) is 0.219. The van der Waals surface area contributed by atoms with Crippen LogP contribution in [-0.4, -0.2) is 73.3 Å². The van der Waals surface area contributed by atoms with Crippen molar-refractivity contribution in [1.82, 2.24) is 9.91 Å². The summed E-state index contributed by atoms with van der Waals surface area (Å²) in [6, 6.07) is 1.85. The van der Waals surface area contributed by atoms with Crippen LogP contribution in [0.4, 0.5) is 13.2 Å². The SMILES string of the molecule is CCOC(=O)CC1=NC(S(C)(=O)=O)N(N)C(Oc2cc(C(=O)N(C)C)cc(C(F)(F)F)c2)=C1[N+](=O)[O-]. The minimum Gasteiger partial charge on any atom is -0.466 e. The normalized spacial score (nSPS) is 16.4. The molecule has 0 saturated heterocycles. The second-order valence-corrected chi connectivity index (χ2v) is 9.66. The molecule has 1 amide bonds. The van der Waals surface area contributed by atoms with Gasteiger partial charge in [-0.05, 0) is 25.1 Å². The third-order valence-corrected chi connectivity index (χ3v) is 5.60. The third-order valence-electron chi connectivity index (χ3n) is 4.50. The minimum absolute atomic E-state index is 0.0988. The lowest BCUT2D eigenvalue weighted by Crippen LogP contribution is -2.50. The van der Waals surface area contributed by atoms with Crippen LogP contribution in [0.5, 0.6) is 5.75 Å². The predicted octanol–water partition coefficient (Wildman–Crippen LogP) is 1.14. The molecule has 36 heavy (non-hydrogen) atoms. The first kappa shape index (κ1) is 28.5. The lowest BCUT2D eigenvalue weighted by atomic mass is 10.1. The number of amides is 1. The molecular weight excluding hydrogens is 515 g/mol. The molecule has 0 fully saturated rings. The van der Waals surface area contributed by atoms with Crippen LogP contribution in [0, 0.1) is 10.1 Å². The van der Waals surface area contributed by atoms with E-state index in [0.717, 1.165) is 11.0 Å². The predicted molar refractivity (Wildman–Crippen MR) is 117 cm³/mol. The topological polar surface area (TPSA) is 175 Å². The second kappa shape index (κ2) is 10.5. The van der Waals surface area contributed by atoms with Crippen LogP contribution in [-0.2, 0) is 25.5 Å². The van der Waals surface area contributed by atoms with Gasteiger partial charge in [0.15, 0.2) is 9.84 Å². The Balaban J connectivity index is 2.75. The summed E-state index contributed by atoms with van der Waals surface area (Å²) >= 11 is 0. The van der Waals surface area contributed by atoms with E-state index in [4.69, 9.17) is 15.3 Å². The van der Waals surface area contributed by atoms with Crippen molar-refractivity contribution in [1.29, 1.82) is 0 Å². The summed E-state index contributed by atoms with van der Waals surface area (Å²) in [6.07, 6.45) is -5.11. The Morgan fingerprint density at radius 3 is 2.36 bits per heavy atom. The Morgan fingerprint density at radius 2 is 1.89 bits per heavy atom. The number of sulfone groups is 1. The molecule has 1 unspecified atom stereocenters. The summed E-state index contributed by atoms with van der Waals surface area (Å²) in [5.74, 6) is 2.17. The zero-order chi connectivity index (χ0) is 27.6. The van der Waals surface area contributed by atoms with Crippen molar-refractivity contribution in [2.45, 2.75) is 25.0 Å². The summed E-state index contributed by atoms with van der Waals surface area (Å²) in [7, 11) is -1.64. The van der Waals surface area contributed by atoms with Crippen molar-refractivity contribution in [2.75, 3.05) is 27.0 Å². The highest BCUT2D eigenvalue weighted by atomic mass is 32.2. The van der Waals surface area contributed by atoms with E-state index < -0.39 is 78.9 Å². The Hall–Kier alpha value is -3.73. The number of halogens is 3. The summed E-state index contributed by atoms with van der Waals surface area (Å²) < 4.78 is 75.0. The van der Waals surface area contributed by atoms with Crippen molar-refractivity contribution in [3.05, 3.63) is 51.0 Å². The Bertz CT molecular complexity index is 1240. The molecule has 13 nitrogen and oxygen atoms in total. The van der Waals surface area contributed by atoms with Gasteiger partial charge in [0.05, 0.1) is 23.5 Å². The lowest BCUT2D eigenvalue weighted by Gasteiger charge is -2.30. The van der Waals surface area contributed by atoms with Crippen molar-refractivity contribution >= 4 is 27.4 Å². The number of hydrazine groups is 1. The fourth-order valence-corrected chi connectivity index (χ4v) is 3.81. The zero-order valence-electron chi connectivity index (χ0n) is 19.4. The van der Waals surface area contributed by atoms with Gasteiger partial charge in [0.2, 0.25) is 5.50 Å². The molecule has 0 spiro atoms. The molecule has 17 heteroatoms. The van der Waals surface area contributed by atoms with E-state index in [1.54, 1.807) is 0 Å². The lowest BCUT2D eigenvalue weighted by molar-refractivity contribution is -0.419. The van der Waals surface area contributed by atoms with Crippen LogP contribution in [0.2, 0.25) is 0 Å². The summed E-state index contributed by atoms with van der Waals surface area (Å²) in [4.78, 5) is 39.7. The molecule has 0 bridgehead atoms. The molecule has 1 aromatic rings. The van der Waals surface area contributed by atoms with Crippen molar-refractivity contribution in [3.63, 3.8) is 0 Å². The average Bonchev–Trinajstić information content (AvgIpc) is 2.73. The van der Waals surface area contributed by atoms with E-state index in [9.17, 15) is 41.3 Å². The number of nitro groups is 1. The highest BCUT2D eigenvalue weighted by molar-refractivity contribution is 7.91. The van der Waals surface area contributed by atoms with Crippen LogP contribution in [0.25, 0.3) is 0 Å². The van der Waals surface area contributed by atoms with Gasteiger partial charge in [-0.3, -0.25) is 19.7 Å². The number of carbonyl (C=O) groups is 2. The van der Waals surface area contributed by atoms with Crippen molar-refractivity contribution in [3.8, 4) is 5.75 Å². The van der Waals surface area contributed by atoms with Gasteiger partial charge in [-0.1, -0.05) is 0 Å². The van der Waals surface area contributed by atoms with Gasteiger partial charge >= 0.3 is 17.8 Å². The highest BCUT2D eigenvalue weighted by Crippen LogP contribution is 2.35. The number of aliphatic imine (C=N–C) groups is 1. The van der Waals surface area contributed by atoms with Crippen LogP contribution in [0.15, 0.2) is 34.8 Å². The van der Waals surface area contributed by atoms with E-state index in [0.29, 0.717) is 18.4 Å². The number of rotatable bonds is 8. The van der Waals surface area contributed by atoms with Gasteiger partial charge in [0.25, 0.3) is 11.8 Å². The average molecular weight is 537 g/mol. The zero-order valence-corrected chi connectivity index (χ0v) is 20.2. The van der Waals surface area contributed by atoms with Gasteiger partial charge in [-0.2, -0.15) is 13.2 Å². The first-order chi connectivity index (χ1) is 16.5. The van der Waals surface area contributed by atoms with Gasteiger partial charge in [-0.15, -0.1) is 0 Å². The Labute approximate surface area is 203 Å². The molecule has 0 saturated carbocycles. The number of hydrogen-bond donors (Lipinski definition) is 1. The molecule has 1 aliphatic rings. The van der Waals surface area contributed by atoms with Crippen molar-refractivity contribution < 1.29 is 45.6 Å². The Morgan fingerprint density at radius 1 is 1.28 bits per heavy atom. The first-order valence-electron chi connectivity index (χ1n) is 9.93. The number of allylic oxidation sites excluding steroid dienone is 1.